The van der Waals surface area contributed by atoms with E-state index in [1.807, 2.05) is 0 Å². The fraction of sp³-hybridized carbons (Fsp3) is 0.364. The number of benzene rings is 1. The summed E-state index contributed by atoms with van der Waals surface area (Å²) in [5.74, 6) is -0.759. The molecule has 0 saturated carbocycles. The summed E-state index contributed by atoms with van der Waals surface area (Å²) >= 11 is 0. The first-order chi connectivity index (χ1) is 8.24. The van der Waals surface area contributed by atoms with Gasteiger partial charge in [-0.1, -0.05) is 12.1 Å². The zero-order valence-electron chi connectivity index (χ0n) is 10.1. The van der Waals surface area contributed by atoms with E-state index in [1.54, 1.807) is 6.07 Å². The lowest BCUT2D eigenvalue weighted by molar-refractivity contribution is -0.119. The van der Waals surface area contributed by atoms with Gasteiger partial charge in [-0.05, 0) is 31.5 Å². The Kier molecular flexibility index (Phi) is 4.44. The Morgan fingerprint density at radius 2 is 2.00 bits per heavy atom. The molecule has 1 aromatic rings. The maximum absolute atomic E-state index is 11.9. The topological polar surface area (TPSA) is 109 Å². The van der Waals surface area contributed by atoms with Crippen LogP contribution in [0.2, 0.25) is 0 Å². The Morgan fingerprint density at radius 1 is 1.39 bits per heavy atom. The smallest absolute Gasteiger partial charge is 0.241 e. The largest absolute Gasteiger partial charge is 0.389 e. The van der Waals surface area contributed by atoms with Gasteiger partial charge in [-0.25, -0.2) is 8.42 Å². The first-order valence-electron chi connectivity index (χ1n) is 5.33. The molecule has 1 amide bonds. The minimum Gasteiger partial charge on any atom is -0.389 e. The van der Waals surface area contributed by atoms with Crippen molar-refractivity contribution in [3.05, 3.63) is 29.8 Å². The number of nitrogens with one attached hydrogen (secondary N) is 1. The number of aliphatic hydroxyl groups is 1. The summed E-state index contributed by atoms with van der Waals surface area (Å²) in [6, 6.07) is 4.86. The predicted molar refractivity (Wildman–Crippen MR) is 66.1 cm³/mol. The van der Waals surface area contributed by atoms with Crippen molar-refractivity contribution in [2.24, 2.45) is 5.73 Å². The Morgan fingerprint density at radius 3 is 2.50 bits per heavy atom. The molecule has 1 rings (SSSR count). The van der Waals surface area contributed by atoms with Gasteiger partial charge >= 0.3 is 0 Å². The molecule has 0 heterocycles. The SMILES string of the molecule is CC(NS(=O)(=O)c1cccc(C(C)O)c1)C(N)=O. The molecule has 0 aliphatic rings. The van der Waals surface area contributed by atoms with Crippen LogP contribution in [0.4, 0.5) is 0 Å². The van der Waals surface area contributed by atoms with Gasteiger partial charge in [0.2, 0.25) is 15.9 Å². The summed E-state index contributed by atoms with van der Waals surface area (Å²) in [6.07, 6.45) is -0.770. The number of sulfonamides is 1. The minimum absolute atomic E-state index is 0.0194. The highest BCUT2D eigenvalue weighted by atomic mass is 32.2. The summed E-state index contributed by atoms with van der Waals surface area (Å²) in [5.41, 5.74) is 5.47. The lowest BCUT2D eigenvalue weighted by atomic mass is 10.1. The number of hydrogen-bond donors (Lipinski definition) is 3. The number of hydrogen-bond acceptors (Lipinski definition) is 4. The number of rotatable bonds is 5. The molecule has 100 valence electrons. The maximum atomic E-state index is 11.9. The van der Waals surface area contributed by atoms with E-state index in [0.29, 0.717) is 5.56 Å². The zero-order valence-corrected chi connectivity index (χ0v) is 10.9. The van der Waals surface area contributed by atoms with E-state index >= 15 is 0 Å². The molecule has 0 spiro atoms. The van der Waals surface area contributed by atoms with Gasteiger partial charge in [0.05, 0.1) is 17.0 Å². The van der Waals surface area contributed by atoms with Crippen molar-refractivity contribution in [2.45, 2.75) is 30.9 Å². The Hall–Kier alpha value is -1.44. The van der Waals surface area contributed by atoms with Crippen LogP contribution < -0.4 is 10.5 Å². The third-order valence-electron chi connectivity index (χ3n) is 2.41. The molecule has 0 saturated heterocycles. The number of amides is 1. The fourth-order valence-electron chi connectivity index (χ4n) is 1.30. The average molecular weight is 272 g/mol. The van der Waals surface area contributed by atoms with E-state index < -0.39 is 28.1 Å². The molecule has 0 fully saturated rings. The van der Waals surface area contributed by atoms with E-state index in [-0.39, 0.29) is 4.90 Å². The first-order valence-corrected chi connectivity index (χ1v) is 6.82. The van der Waals surface area contributed by atoms with Gasteiger partial charge < -0.3 is 10.8 Å². The van der Waals surface area contributed by atoms with Gasteiger partial charge in [0, 0.05) is 0 Å². The summed E-state index contributed by atoms with van der Waals surface area (Å²) in [5, 5.41) is 9.39. The lowest BCUT2D eigenvalue weighted by Crippen LogP contribution is -2.42. The van der Waals surface area contributed by atoms with Gasteiger partial charge in [-0.15, -0.1) is 0 Å². The predicted octanol–water partition coefficient (Wildman–Crippen LogP) is -0.108. The van der Waals surface area contributed by atoms with Crippen molar-refractivity contribution >= 4 is 15.9 Å². The van der Waals surface area contributed by atoms with Crippen LogP contribution in [0.1, 0.15) is 25.5 Å². The second-order valence-corrected chi connectivity index (χ2v) is 5.71. The molecule has 0 aliphatic heterocycles. The fourth-order valence-corrected chi connectivity index (χ4v) is 2.57. The molecular formula is C11H16N2O4S. The molecule has 0 bridgehead atoms. The van der Waals surface area contributed by atoms with E-state index in [4.69, 9.17) is 5.73 Å². The molecule has 2 unspecified atom stereocenters. The maximum Gasteiger partial charge on any atom is 0.241 e. The van der Waals surface area contributed by atoms with Gasteiger partial charge in [-0.2, -0.15) is 4.72 Å². The van der Waals surface area contributed by atoms with Crippen molar-refractivity contribution in [3.63, 3.8) is 0 Å². The van der Waals surface area contributed by atoms with Crippen LogP contribution in [-0.4, -0.2) is 25.5 Å². The molecule has 0 radical (unpaired) electrons. The van der Waals surface area contributed by atoms with Crippen LogP contribution in [-0.2, 0) is 14.8 Å². The van der Waals surface area contributed by atoms with E-state index in [9.17, 15) is 18.3 Å². The van der Waals surface area contributed by atoms with Gasteiger partial charge in [-0.3, -0.25) is 4.79 Å². The van der Waals surface area contributed by atoms with Crippen molar-refractivity contribution in [1.82, 2.24) is 4.72 Å². The molecule has 1 aromatic carbocycles. The second-order valence-electron chi connectivity index (χ2n) is 3.99. The average Bonchev–Trinajstić information content (AvgIpc) is 2.28. The highest BCUT2D eigenvalue weighted by molar-refractivity contribution is 7.89. The number of aliphatic hydroxyl groups excluding tert-OH is 1. The van der Waals surface area contributed by atoms with Crippen molar-refractivity contribution < 1.29 is 18.3 Å². The first kappa shape index (κ1) is 14.6. The van der Waals surface area contributed by atoms with E-state index in [2.05, 4.69) is 4.72 Å². The second kappa shape index (κ2) is 5.47. The summed E-state index contributed by atoms with van der Waals surface area (Å²) in [4.78, 5) is 10.8. The van der Waals surface area contributed by atoms with Crippen LogP contribution in [0.3, 0.4) is 0 Å². The standard InChI is InChI=1S/C11H16N2O4S/c1-7(11(12)15)13-18(16,17)10-5-3-4-9(6-10)8(2)14/h3-8,13-14H,1-2H3,(H2,12,15). The molecule has 6 nitrogen and oxygen atoms in total. The molecule has 18 heavy (non-hydrogen) atoms. The Bertz CT molecular complexity index is 540. The zero-order chi connectivity index (χ0) is 13.9. The monoisotopic (exact) mass is 272 g/mol. The lowest BCUT2D eigenvalue weighted by Gasteiger charge is -2.12. The van der Waals surface area contributed by atoms with Crippen LogP contribution >= 0.6 is 0 Å². The van der Waals surface area contributed by atoms with Crippen molar-refractivity contribution in [2.75, 3.05) is 0 Å². The molecule has 7 heteroatoms. The van der Waals surface area contributed by atoms with Crippen LogP contribution in [0.25, 0.3) is 0 Å². The minimum atomic E-state index is -3.82. The van der Waals surface area contributed by atoms with Crippen LogP contribution in [0.15, 0.2) is 29.2 Å². The number of primary amides is 1. The van der Waals surface area contributed by atoms with Crippen LogP contribution in [0.5, 0.6) is 0 Å². The van der Waals surface area contributed by atoms with E-state index in [0.717, 1.165) is 0 Å². The molecular weight excluding hydrogens is 256 g/mol. The number of nitrogens with two attached hydrogens (primary N) is 1. The normalized spacial score (nSPS) is 15.1. The van der Waals surface area contributed by atoms with Crippen LogP contribution in [0, 0.1) is 0 Å². The number of carbonyl (C=O) groups is 1. The molecule has 2 atom stereocenters. The summed E-state index contributed by atoms with van der Waals surface area (Å²) in [7, 11) is -3.82. The van der Waals surface area contributed by atoms with Crippen molar-refractivity contribution in [3.8, 4) is 0 Å². The molecule has 0 aliphatic carbocycles. The Labute approximate surface area is 106 Å². The van der Waals surface area contributed by atoms with Gasteiger partial charge in [0.1, 0.15) is 0 Å². The van der Waals surface area contributed by atoms with Gasteiger partial charge in [0.15, 0.2) is 0 Å². The van der Waals surface area contributed by atoms with Crippen molar-refractivity contribution in [1.29, 1.82) is 0 Å². The third kappa shape index (κ3) is 3.52. The number of carbonyl (C=O) groups excluding carboxylic acids is 1. The van der Waals surface area contributed by atoms with Gasteiger partial charge in [0.25, 0.3) is 0 Å². The summed E-state index contributed by atoms with van der Waals surface area (Å²) in [6.45, 7) is 2.89. The quantitative estimate of drug-likeness (QED) is 0.694. The molecule has 4 N–H and O–H groups in total. The third-order valence-corrected chi connectivity index (χ3v) is 3.95. The van der Waals surface area contributed by atoms with E-state index in [1.165, 1.54) is 32.0 Å². The highest BCUT2D eigenvalue weighted by Gasteiger charge is 2.20. The highest BCUT2D eigenvalue weighted by Crippen LogP contribution is 2.17. The summed E-state index contributed by atoms with van der Waals surface area (Å²) < 4.78 is 26.0. The molecule has 0 aromatic heterocycles. The Balaban J connectivity index is 3.05.